The van der Waals surface area contributed by atoms with Gasteiger partial charge in [0.05, 0.1) is 5.69 Å². The molecule has 4 aliphatic rings. The number of rotatable bonds is 2. The second-order valence-corrected chi connectivity index (χ2v) is 6.56. The molecule has 7 rings (SSSR count). The van der Waals surface area contributed by atoms with Gasteiger partial charge < -0.3 is 5.11 Å². The van der Waals surface area contributed by atoms with Crippen LogP contribution in [0.5, 0.6) is 5.75 Å². The van der Waals surface area contributed by atoms with E-state index in [9.17, 15) is 5.11 Å². The molecule has 124 valence electrons. The summed E-state index contributed by atoms with van der Waals surface area (Å²) in [6.45, 7) is 0. The van der Waals surface area contributed by atoms with Gasteiger partial charge in [-0.05, 0) is 60.1 Å². The number of phenolic OH excluding ortho intramolecular Hbond substituents is 1. The van der Waals surface area contributed by atoms with Gasteiger partial charge in [-0.3, -0.25) is 4.99 Å². The summed E-state index contributed by atoms with van der Waals surface area (Å²) >= 11 is 0. The maximum absolute atomic E-state index is 10.8. The van der Waals surface area contributed by atoms with Gasteiger partial charge in [-0.15, -0.1) is 0 Å². The summed E-state index contributed by atoms with van der Waals surface area (Å²) in [5, 5.41) is 10.8. The van der Waals surface area contributed by atoms with Crippen LogP contribution < -0.4 is 0 Å². The minimum absolute atomic E-state index is 0.382. The highest BCUT2D eigenvalue weighted by Crippen LogP contribution is 2.28. The Hall–Kier alpha value is -2.87. The Morgan fingerprint density at radius 3 is 1.96 bits per heavy atom. The molecule has 0 aromatic heterocycles. The Morgan fingerprint density at radius 1 is 0.680 bits per heavy atom. The highest BCUT2D eigenvalue weighted by Gasteiger charge is 2.13. The van der Waals surface area contributed by atoms with E-state index in [0.717, 1.165) is 48.1 Å². The summed E-state index contributed by atoms with van der Waals surface area (Å²) in [6.07, 6.45) is 5.44. The molecule has 0 heterocycles. The first kappa shape index (κ1) is 15.6. The van der Waals surface area contributed by atoms with Crippen LogP contribution in [0.15, 0.2) is 71.7 Å². The predicted octanol–water partition coefficient (Wildman–Crippen LogP) is 5.03. The van der Waals surface area contributed by atoms with E-state index in [1.54, 1.807) is 0 Å². The van der Waals surface area contributed by atoms with Gasteiger partial charge in [-0.2, -0.15) is 0 Å². The highest BCUT2D eigenvalue weighted by atomic mass is 16.3. The Kier molecular flexibility index (Phi) is 4.34. The van der Waals surface area contributed by atoms with Gasteiger partial charge in [0.25, 0.3) is 0 Å². The first-order chi connectivity index (χ1) is 12.3. The zero-order valence-electron chi connectivity index (χ0n) is 14.2. The monoisotopic (exact) mass is 327 g/mol. The van der Waals surface area contributed by atoms with Crippen molar-refractivity contribution < 1.29 is 5.11 Å². The van der Waals surface area contributed by atoms with Crippen LogP contribution in [-0.2, 0) is 25.7 Å². The quantitative estimate of drug-likeness (QED) is 0.658. The highest BCUT2D eigenvalue weighted by molar-refractivity contribution is 5.88. The van der Waals surface area contributed by atoms with Gasteiger partial charge in [-0.25, -0.2) is 0 Å². The lowest BCUT2D eigenvalue weighted by Crippen LogP contribution is -2.02. The molecule has 0 amide bonds. The number of aliphatic imine (C=N–C) groups is 1. The molecule has 0 aliphatic heterocycles. The molecule has 2 heteroatoms. The number of hydrogen-bond acceptors (Lipinski definition) is 2. The maximum Gasteiger partial charge on any atom is 0.127 e. The van der Waals surface area contributed by atoms with E-state index in [4.69, 9.17) is 0 Å². The van der Waals surface area contributed by atoms with Crippen molar-refractivity contribution in [3.63, 3.8) is 0 Å². The molecule has 25 heavy (non-hydrogen) atoms. The zero-order chi connectivity index (χ0) is 17.1. The van der Waals surface area contributed by atoms with Crippen molar-refractivity contribution >= 4 is 11.9 Å². The molecule has 4 aliphatic carbocycles. The third kappa shape index (κ3) is 3.48. The maximum atomic E-state index is 10.8. The fourth-order valence-corrected chi connectivity index (χ4v) is 3.34. The van der Waals surface area contributed by atoms with Gasteiger partial charge in [0.2, 0.25) is 0 Å². The van der Waals surface area contributed by atoms with Crippen molar-refractivity contribution in [2.24, 2.45) is 4.99 Å². The van der Waals surface area contributed by atoms with E-state index in [0.29, 0.717) is 5.75 Å². The van der Waals surface area contributed by atoms with Gasteiger partial charge in [-0.1, -0.05) is 54.6 Å². The average Bonchev–Trinajstić information content (AvgIpc) is 2.65. The Balaban J connectivity index is 1.73. The van der Waals surface area contributed by atoms with Crippen molar-refractivity contribution in [3.8, 4) is 5.75 Å². The standard InChI is InChI=1S/C23H21NO/c25-23-20-13-11-18-8-6-17(7-9-18)10-12-19(14-15-20)22(23)16-24-21-4-2-1-3-5-21/h1-9,14-16,25H,10-13H2. The average molecular weight is 327 g/mol. The number of aryl methyl sites for hydroxylation is 4. The first-order valence-corrected chi connectivity index (χ1v) is 8.80. The second kappa shape index (κ2) is 6.94. The van der Waals surface area contributed by atoms with Crippen LogP contribution in [0.3, 0.4) is 0 Å². The smallest absolute Gasteiger partial charge is 0.127 e. The second-order valence-electron chi connectivity index (χ2n) is 6.56. The van der Waals surface area contributed by atoms with Crippen LogP contribution in [-0.4, -0.2) is 11.3 Å². The first-order valence-electron chi connectivity index (χ1n) is 8.80. The lowest BCUT2D eigenvalue weighted by Gasteiger charge is -2.14. The van der Waals surface area contributed by atoms with E-state index in [1.165, 1.54) is 11.1 Å². The lowest BCUT2D eigenvalue weighted by molar-refractivity contribution is 0.466. The third-order valence-corrected chi connectivity index (χ3v) is 4.88. The van der Waals surface area contributed by atoms with Gasteiger partial charge >= 0.3 is 0 Å². The van der Waals surface area contributed by atoms with Crippen molar-refractivity contribution in [3.05, 3.63) is 94.5 Å². The summed E-state index contributed by atoms with van der Waals surface area (Å²) in [7, 11) is 0. The summed E-state index contributed by atoms with van der Waals surface area (Å²) < 4.78 is 0. The van der Waals surface area contributed by atoms with Crippen molar-refractivity contribution in [1.29, 1.82) is 0 Å². The number of para-hydroxylation sites is 1. The van der Waals surface area contributed by atoms with Crippen molar-refractivity contribution in [1.82, 2.24) is 0 Å². The van der Waals surface area contributed by atoms with E-state index < -0.39 is 0 Å². The number of benzene rings is 3. The molecule has 0 spiro atoms. The predicted molar refractivity (Wildman–Crippen MR) is 103 cm³/mol. The minimum atomic E-state index is 0.382. The fraction of sp³-hybridized carbons (Fsp3) is 0.174. The molecule has 3 aromatic carbocycles. The molecule has 4 bridgehead atoms. The molecule has 0 fully saturated rings. The van der Waals surface area contributed by atoms with Crippen molar-refractivity contribution in [2.45, 2.75) is 25.7 Å². The molecule has 3 aromatic rings. The Morgan fingerprint density at radius 2 is 1.28 bits per heavy atom. The molecular weight excluding hydrogens is 306 g/mol. The molecule has 0 atom stereocenters. The molecule has 0 unspecified atom stereocenters. The summed E-state index contributed by atoms with van der Waals surface area (Å²) in [6, 6.07) is 22.9. The Labute approximate surface area is 148 Å². The lowest BCUT2D eigenvalue weighted by atomic mass is 9.92. The van der Waals surface area contributed by atoms with Gasteiger partial charge in [0, 0.05) is 11.8 Å². The SMILES string of the molecule is Oc1c2ccc(c1C=Nc1ccccc1)CCc1ccc(cc1)CC2. The number of aromatic hydroxyl groups is 1. The molecule has 0 radical (unpaired) electrons. The summed E-state index contributed by atoms with van der Waals surface area (Å²) in [5.74, 6) is 0.382. The van der Waals surface area contributed by atoms with Crippen molar-refractivity contribution in [2.75, 3.05) is 0 Å². The Bertz CT molecular complexity index is 895. The molecule has 2 nitrogen and oxygen atoms in total. The van der Waals surface area contributed by atoms with Gasteiger partial charge in [0.15, 0.2) is 0 Å². The van der Waals surface area contributed by atoms with Crippen LogP contribution >= 0.6 is 0 Å². The fourth-order valence-electron chi connectivity index (χ4n) is 3.34. The van der Waals surface area contributed by atoms with E-state index in [2.05, 4.69) is 41.4 Å². The number of hydrogen-bond donors (Lipinski definition) is 1. The van der Waals surface area contributed by atoms with Crippen LogP contribution in [0, 0.1) is 0 Å². The number of phenols is 1. The normalized spacial score (nSPS) is 13.8. The number of nitrogens with zero attached hydrogens (tertiary/aromatic N) is 1. The molecule has 0 saturated heterocycles. The van der Waals surface area contributed by atoms with Gasteiger partial charge in [0.1, 0.15) is 5.75 Å². The molecular formula is C23H21NO. The third-order valence-electron chi connectivity index (χ3n) is 4.88. The van der Waals surface area contributed by atoms with Crippen LogP contribution in [0.4, 0.5) is 5.69 Å². The minimum Gasteiger partial charge on any atom is -0.507 e. The molecule has 1 N–H and O–H groups in total. The van der Waals surface area contributed by atoms with E-state index in [1.807, 2.05) is 36.5 Å². The summed E-state index contributed by atoms with van der Waals surface area (Å²) in [4.78, 5) is 4.56. The zero-order valence-corrected chi connectivity index (χ0v) is 14.2. The molecule has 0 saturated carbocycles. The topological polar surface area (TPSA) is 32.6 Å². The van der Waals surface area contributed by atoms with Crippen LogP contribution in [0.25, 0.3) is 0 Å². The van der Waals surface area contributed by atoms with E-state index in [-0.39, 0.29) is 0 Å². The van der Waals surface area contributed by atoms with E-state index >= 15 is 0 Å². The van der Waals surface area contributed by atoms with Crippen LogP contribution in [0.1, 0.15) is 27.8 Å². The summed E-state index contributed by atoms with van der Waals surface area (Å²) in [5.41, 5.74) is 6.53. The van der Waals surface area contributed by atoms with Crippen LogP contribution in [0.2, 0.25) is 0 Å². The largest absolute Gasteiger partial charge is 0.507 e.